The van der Waals surface area contributed by atoms with Crippen molar-refractivity contribution >= 4 is 32.0 Å². The van der Waals surface area contributed by atoms with Gasteiger partial charge in [0.05, 0.1) is 23.6 Å². The average Bonchev–Trinajstić information content (AvgIpc) is 2.85. The molecule has 0 spiro atoms. The summed E-state index contributed by atoms with van der Waals surface area (Å²) >= 11 is 0. The van der Waals surface area contributed by atoms with Gasteiger partial charge in [0, 0.05) is 12.2 Å². The van der Waals surface area contributed by atoms with Crippen LogP contribution in [0, 0.1) is 10.8 Å². The second kappa shape index (κ2) is 14.9. The van der Waals surface area contributed by atoms with Gasteiger partial charge in [-0.25, -0.2) is 35.9 Å². The van der Waals surface area contributed by atoms with Crippen molar-refractivity contribution in [1.82, 2.24) is 9.44 Å². The zero-order valence-electron chi connectivity index (χ0n) is 25.0. The van der Waals surface area contributed by atoms with Crippen molar-refractivity contribution in [3.05, 3.63) is 83.9 Å². The van der Waals surface area contributed by atoms with Crippen LogP contribution in [0.5, 0.6) is 0 Å². The monoisotopic (exact) mass is 622 g/mol. The van der Waals surface area contributed by atoms with Crippen LogP contribution < -0.4 is 9.44 Å². The first kappa shape index (κ1) is 35.1. The fraction of sp³-hybridized carbons (Fsp3) is 0.467. The molecule has 0 saturated heterocycles. The Hall–Kier alpha value is -3.06. The third-order valence-corrected chi connectivity index (χ3v) is 9.21. The smallest absolute Gasteiger partial charge is 0.331 e. The van der Waals surface area contributed by atoms with Crippen LogP contribution in [0.2, 0.25) is 0 Å². The fourth-order valence-corrected chi connectivity index (χ4v) is 7.71. The van der Waals surface area contributed by atoms with Crippen molar-refractivity contribution < 1.29 is 35.9 Å². The molecule has 0 fully saturated rings. The van der Waals surface area contributed by atoms with E-state index in [1.54, 1.807) is 102 Å². The SMILES string of the molecule is CC(C)(C)CS(=O)(=O)N[C@@H](COC(=O)/C=C/C(=O)OC[C@@H](NS(=O)(=O)CC(C)(C)C)c1ccccc1)c1ccccc1. The topological polar surface area (TPSA) is 145 Å². The molecule has 42 heavy (non-hydrogen) atoms. The molecule has 0 amide bonds. The minimum atomic E-state index is -3.70. The van der Waals surface area contributed by atoms with E-state index in [9.17, 15) is 26.4 Å². The lowest BCUT2D eigenvalue weighted by molar-refractivity contribution is -0.141. The second-order valence-electron chi connectivity index (χ2n) is 12.4. The minimum Gasteiger partial charge on any atom is -0.460 e. The van der Waals surface area contributed by atoms with Crippen LogP contribution in [-0.2, 0) is 39.1 Å². The van der Waals surface area contributed by atoms with Gasteiger partial charge in [-0.15, -0.1) is 0 Å². The largest absolute Gasteiger partial charge is 0.460 e. The summed E-state index contributed by atoms with van der Waals surface area (Å²) in [6.45, 7) is 10.2. The molecule has 0 radical (unpaired) electrons. The van der Waals surface area contributed by atoms with E-state index in [1.165, 1.54) is 0 Å². The highest BCUT2D eigenvalue weighted by atomic mass is 32.2. The third kappa shape index (κ3) is 14.2. The van der Waals surface area contributed by atoms with Crippen LogP contribution in [0.1, 0.15) is 64.8 Å². The lowest BCUT2D eigenvalue weighted by Gasteiger charge is -2.23. The van der Waals surface area contributed by atoms with Gasteiger partial charge >= 0.3 is 11.9 Å². The van der Waals surface area contributed by atoms with Crippen molar-refractivity contribution in [2.75, 3.05) is 24.7 Å². The van der Waals surface area contributed by atoms with Gasteiger partial charge in [0.15, 0.2) is 0 Å². The van der Waals surface area contributed by atoms with Crippen LogP contribution in [0.3, 0.4) is 0 Å². The first-order chi connectivity index (χ1) is 19.3. The summed E-state index contributed by atoms with van der Waals surface area (Å²) in [5.41, 5.74) is 0.233. The summed E-state index contributed by atoms with van der Waals surface area (Å²) in [6, 6.07) is 15.7. The standard InChI is InChI=1S/C30H42N2O8S2/c1-29(2,3)21-41(35,36)31-25(23-13-9-7-10-14-23)19-39-27(33)17-18-28(34)40-20-26(24-15-11-8-12-16-24)32-42(37,38)22-30(4,5)6/h7-18,25-26,31-32H,19-22H2,1-6H3/b18-17+/t25-,26+. The number of esters is 2. The minimum absolute atomic E-state index is 0.126. The van der Waals surface area contributed by atoms with E-state index in [4.69, 9.17) is 9.47 Å². The average molecular weight is 623 g/mol. The van der Waals surface area contributed by atoms with Crippen molar-refractivity contribution in [3.63, 3.8) is 0 Å². The normalized spacial score (nSPS) is 14.3. The molecule has 2 rings (SSSR count). The lowest BCUT2D eigenvalue weighted by atomic mass is 10.0. The Labute approximate surface area is 250 Å². The number of benzene rings is 2. The molecule has 0 unspecified atom stereocenters. The Morgan fingerprint density at radius 2 is 0.952 bits per heavy atom. The van der Waals surface area contributed by atoms with Gasteiger partial charge in [-0.1, -0.05) is 102 Å². The van der Waals surface area contributed by atoms with E-state index in [2.05, 4.69) is 9.44 Å². The van der Waals surface area contributed by atoms with Gasteiger partial charge in [-0.3, -0.25) is 0 Å². The highest BCUT2D eigenvalue weighted by Gasteiger charge is 2.27. The van der Waals surface area contributed by atoms with Crippen LogP contribution in [-0.4, -0.2) is 53.5 Å². The molecule has 2 N–H and O–H groups in total. The summed E-state index contributed by atoms with van der Waals surface area (Å²) in [5, 5.41) is 0. The van der Waals surface area contributed by atoms with E-state index in [0.29, 0.717) is 11.1 Å². The summed E-state index contributed by atoms with van der Waals surface area (Å²) < 4.78 is 66.5. The maximum absolute atomic E-state index is 12.7. The number of rotatable bonds is 14. The van der Waals surface area contributed by atoms with Gasteiger partial charge in [-0.05, 0) is 22.0 Å². The maximum atomic E-state index is 12.7. The van der Waals surface area contributed by atoms with E-state index in [1.807, 2.05) is 0 Å². The Morgan fingerprint density at radius 1 is 0.643 bits per heavy atom. The summed E-state index contributed by atoms with van der Waals surface area (Å²) in [5.74, 6) is -2.01. The molecule has 2 aromatic rings. The number of hydrogen-bond acceptors (Lipinski definition) is 8. The van der Waals surface area contributed by atoms with Crippen LogP contribution in [0.15, 0.2) is 72.8 Å². The third-order valence-electron chi connectivity index (χ3n) is 5.43. The predicted octanol–water partition coefficient (Wildman–Crippen LogP) is 4.04. The molecule has 0 aliphatic heterocycles. The molecular weight excluding hydrogens is 580 g/mol. The number of carbonyl (C=O) groups excluding carboxylic acids is 2. The van der Waals surface area contributed by atoms with Gasteiger partial charge < -0.3 is 9.47 Å². The van der Waals surface area contributed by atoms with Crippen LogP contribution in [0.25, 0.3) is 0 Å². The number of carbonyl (C=O) groups is 2. The first-order valence-corrected chi connectivity index (χ1v) is 16.8. The van der Waals surface area contributed by atoms with E-state index < -0.39 is 54.9 Å². The van der Waals surface area contributed by atoms with Crippen molar-refractivity contribution in [1.29, 1.82) is 0 Å². The van der Waals surface area contributed by atoms with Crippen LogP contribution in [0.4, 0.5) is 0 Å². The zero-order valence-corrected chi connectivity index (χ0v) is 26.6. The quantitative estimate of drug-likeness (QED) is 0.237. The highest BCUT2D eigenvalue weighted by molar-refractivity contribution is 7.89. The molecule has 10 nitrogen and oxygen atoms in total. The second-order valence-corrected chi connectivity index (χ2v) is 15.9. The predicted molar refractivity (Wildman–Crippen MR) is 162 cm³/mol. The first-order valence-electron chi connectivity index (χ1n) is 13.5. The summed E-state index contributed by atoms with van der Waals surface area (Å²) in [6.07, 6.45) is 1.74. The number of nitrogens with one attached hydrogen (secondary N) is 2. The Morgan fingerprint density at radius 3 is 1.24 bits per heavy atom. The molecule has 0 aliphatic carbocycles. The van der Waals surface area contributed by atoms with E-state index in [0.717, 1.165) is 12.2 Å². The molecule has 12 heteroatoms. The molecule has 0 saturated carbocycles. The fourth-order valence-electron chi connectivity index (χ4n) is 3.99. The van der Waals surface area contributed by atoms with E-state index >= 15 is 0 Å². The lowest BCUT2D eigenvalue weighted by Crippen LogP contribution is -2.37. The van der Waals surface area contributed by atoms with Gasteiger partial charge in [0.25, 0.3) is 0 Å². The summed E-state index contributed by atoms with van der Waals surface area (Å²) in [4.78, 5) is 24.7. The molecule has 0 aliphatic rings. The molecule has 0 bridgehead atoms. The van der Waals surface area contributed by atoms with Crippen LogP contribution >= 0.6 is 0 Å². The Kier molecular flexibility index (Phi) is 12.5. The maximum Gasteiger partial charge on any atom is 0.331 e. The van der Waals surface area contributed by atoms with Crippen molar-refractivity contribution in [3.8, 4) is 0 Å². The molecule has 2 atom stereocenters. The molecular formula is C30H42N2O8S2. The number of ether oxygens (including phenoxy) is 2. The van der Waals surface area contributed by atoms with Gasteiger partial charge in [0.1, 0.15) is 13.2 Å². The number of sulfonamides is 2. The molecule has 232 valence electrons. The van der Waals surface area contributed by atoms with Crippen molar-refractivity contribution in [2.24, 2.45) is 10.8 Å². The van der Waals surface area contributed by atoms with E-state index in [-0.39, 0.29) is 24.7 Å². The Bertz CT molecular complexity index is 1300. The van der Waals surface area contributed by atoms with Crippen molar-refractivity contribution in [2.45, 2.75) is 53.6 Å². The molecule has 2 aromatic carbocycles. The van der Waals surface area contributed by atoms with Gasteiger partial charge in [0.2, 0.25) is 20.0 Å². The zero-order chi connectivity index (χ0) is 31.6. The Balaban J connectivity index is 2.03. The van der Waals surface area contributed by atoms with Gasteiger partial charge in [-0.2, -0.15) is 0 Å². The molecule has 0 heterocycles. The highest BCUT2D eigenvalue weighted by Crippen LogP contribution is 2.21. The number of hydrogen-bond donors (Lipinski definition) is 2. The summed E-state index contributed by atoms with van der Waals surface area (Å²) in [7, 11) is -7.41. The molecule has 0 aromatic heterocycles.